The molecule has 0 fully saturated rings. The molecule has 3 nitrogen and oxygen atoms in total. The fourth-order valence-corrected chi connectivity index (χ4v) is 2.64. The Balaban J connectivity index is 2.01. The number of rotatable bonds is 5. The van der Waals surface area contributed by atoms with Crippen molar-refractivity contribution in [3.63, 3.8) is 0 Å². The van der Waals surface area contributed by atoms with Crippen LogP contribution in [0.25, 0.3) is 0 Å². The number of benzene rings is 2. The molecule has 0 bridgehead atoms. The molecule has 2 N–H and O–H groups in total. The Morgan fingerprint density at radius 3 is 2.41 bits per heavy atom. The zero-order chi connectivity index (χ0) is 15.9. The van der Waals surface area contributed by atoms with E-state index in [1.807, 2.05) is 24.3 Å². The molecule has 0 unspecified atom stereocenters. The molecular weight excluding hydrogens is 292 g/mol. The highest BCUT2D eigenvalue weighted by atomic mass is 32.1. The smallest absolute Gasteiger partial charge is 0.171 e. The van der Waals surface area contributed by atoms with Crippen molar-refractivity contribution in [1.29, 1.82) is 0 Å². The van der Waals surface area contributed by atoms with E-state index < -0.39 is 0 Å². The van der Waals surface area contributed by atoms with Crippen LogP contribution in [0, 0.1) is 6.92 Å². The van der Waals surface area contributed by atoms with Gasteiger partial charge in [0.25, 0.3) is 0 Å². The third kappa shape index (κ3) is 4.21. The van der Waals surface area contributed by atoms with Crippen molar-refractivity contribution in [3.8, 4) is 5.75 Å². The Bertz CT molecular complexity index is 625. The number of anilines is 1. The van der Waals surface area contributed by atoms with Gasteiger partial charge in [0.1, 0.15) is 5.75 Å². The highest BCUT2D eigenvalue weighted by Crippen LogP contribution is 2.21. The highest BCUT2D eigenvalue weighted by Gasteiger charge is 2.12. The molecule has 4 heteroatoms. The number of ether oxygens (including phenoxy) is 1. The normalized spacial score (nSPS) is 11.6. The lowest BCUT2D eigenvalue weighted by Gasteiger charge is -2.21. The predicted octanol–water partition coefficient (Wildman–Crippen LogP) is 4.44. The summed E-state index contributed by atoms with van der Waals surface area (Å²) in [6.07, 6.45) is 0.968. The summed E-state index contributed by atoms with van der Waals surface area (Å²) in [5.74, 6) is 0.829. The number of aryl methyl sites for hydroxylation is 1. The molecule has 0 saturated heterocycles. The van der Waals surface area contributed by atoms with Gasteiger partial charge in [-0.3, -0.25) is 0 Å². The van der Waals surface area contributed by atoms with Gasteiger partial charge in [-0.15, -0.1) is 0 Å². The number of hydrogen-bond donors (Lipinski definition) is 2. The summed E-state index contributed by atoms with van der Waals surface area (Å²) < 4.78 is 5.15. The number of nitrogens with one attached hydrogen (secondary N) is 2. The lowest BCUT2D eigenvalue weighted by molar-refractivity contribution is 0.415. The summed E-state index contributed by atoms with van der Waals surface area (Å²) in [7, 11) is 1.66. The van der Waals surface area contributed by atoms with Crippen LogP contribution in [0.15, 0.2) is 48.5 Å². The zero-order valence-corrected chi connectivity index (χ0v) is 14.0. The molecule has 22 heavy (non-hydrogen) atoms. The van der Waals surface area contributed by atoms with Crippen LogP contribution >= 0.6 is 12.2 Å². The van der Waals surface area contributed by atoms with Gasteiger partial charge >= 0.3 is 0 Å². The van der Waals surface area contributed by atoms with E-state index >= 15 is 0 Å². The summed E-state index contributed by atoms with van der Waals surface area (Å²) in [4.78, 5) is 0. The average Bonchev–Trinajstić information content (AvgIpc) is 2.54. The monoisotopic (exact) mass is 314 g/mol. The van der Waals surface area contributed by atoms with Crippen LogP contribution in [0.1, 0.15) is 30.5 Å². The Labute approximate surface area is 137 Å². The van der Waals surface area contributed by atoms with Gasteiger partial charge in [-0.05, 0) is 61.0 Å². The van der Waals surface area contributed by atoms with Crippen molar-refractivity contribution in [2.75, 3.05) is 12.4 Å². The summed E-state index contributed by atoms with van der Waals surface area (Å²) in [6, 6.07) is 16.3. The molecule has 0 aliphatic rings. The Kier molecular flexibility index (Phi) is 5.78. The first kappa shape index (κ1) is 16.3. The maximum absolute atomic E-state index is 5.43. The second-order valence-electron chi connectivity index (χ2n) is 5.14. The first-order chi connectivity index (χ1) is 10.6. The van der Waals surface area contributed by atoms with Gasteiger partial charge < -0.3 is 15.4 Å². The Hall–Kier alpha value is -2.07. The zero-order valence-electron chi connectivity index (χ0n) is 13.2. The molecule has 2 aromatic carbocycles. The van der Waals surface area contributed by atoms with Crippen molar-refractivity contribution in [1.82, 2.24) is 5.32 Å². The quantitative estimate of drug-likeness (QED) is 0.799. The molecule has 0 radical (unpaired) electrons. The van der Waals surface area contributed by atoms with E-state index in [0.717, 1.165) is 17.9 Å². The summed E-state index contributed by atoms with van der Waals surface area (Å²) >= 11 is 5.43. The van der Waals surface area contributed by atoms with Crippen LogP contribution < -0.4 is 15.4 Å². The van der Waals surface area contributed by atoms with Crippen LogP contribution in [0.5, 0.6) is 5.75 Å². The maximum atomic E-state index is 5.43. The second kappa shape index (κ2) is 7.80. The average molecular weight is 314 g/mol. The van der Waals surface area contributed by atoms with Gasteiger partial charge in [-0.2, -0.15) is 0 Å². The van der Waals surface area contributed by atoms with Crippen molar-refractivity contribution < 1.29 is 4.74 Å². The fourth-order valence-electron chi connectivity index (χ4n) is 2.38. The third-order valence-electron chi connectivity index (χ3n) is 3.63. The molecule has 0 heterocycles. The molecule has 0 saturated carbocycles. The summed E-state index contributed by atoms with van der Waals surface area (Å²) in [5, 5.41) is 7.23. The second-order valence-corrected chi connectivity index (χ2v) is 5.55. The van der Waals surface area contributed by atoms with Crippen molar-refractivity contribution >= 4 is 23.0 Å². The van der Waals surface area contributed by atoms with Crippen LogP contribution in [0.3, 0.4) is 0 Å². The van der Waals surface area contributed by atoms with E-state index in [0.29, 0.717) is 5.11 Å². The highest BCUT2D eigenvalue weighted by molar-refractivity contribution is 7.80. The largest absolute Gasteiger partial charge is 0.497 e. The molecule has 0 aliphatic heterocycles. The van der Waals surface area contributed by atoms with Crippen LogP contribution in [-0.2, 0) is 0 Å². The molecular formula is C18H22N2OS. The standard InChI is InChI=1S/C18H22N2OS/c1-4-17(16-8-6-5-7-13(16)2)20-18(22)19-14-9-11-15(21-3)12-10-14/h5-12,17H,4H2,1-3H3,(H2,19,20,22)/t17-/m1/s1. The van der Waals surface area contributed by atoms with Crippen molar-refractivity contribution in [2.24, 2.45) is 0 Å². The first-order valence-electron chi connectivity index (χ1n) is 7.41. The Morgan fingerprint density at radius 1 is 1.14 bits per heavy atom. The number of methoxy groups -OCH3 is 1. The predicted molar refractivity (Wildman–Crippen MR) is 96.6 cm³/mol. The van der Waals surface area contributed by atoms with Crippen molar-refractivity contribution in [2.45, 2.75) is 26.3 Å². The molecule has 0 aliphatic carbocycles. The van der Waals surface area contributed by atoms with Gasteiger partial charge in [0.2, 0.25) is 0 Å². The van der Waals surface area contributed by atoms with E-state index in [9.17, 15) is 0 Å². The van der Waals surface area contributed by atoms with Gasteiger partial charge in [0.05, 0.1) is 13.2 Å². The van der Waals surface area contributed by atoms with Gasteiger partial charge in [0.15, 0.2) is 5.11 Å². The topological polar surface area (TPSA) is 33.3 Å². The van der Waals surface area contributed by atoms with Crippen LogP contribution in [-0.4, -0.2) is 12.2 Å². The molecule has 1 atom stereocenters. The SMILES string of the molecule is CC[C@@H](NC(=S)Nc1ccc(OC)cc1)c1ccccc1C. The van der Waals surface area contributed by atoms with E-state index in [4.69, 9.17) is 17.0 Å². The molecule has 0 amide bonds. The van der Waals surface area contributed by atoms with E-state index in [2.05, 4.69) is 48.7 Å². The summed E-state index contributed by atoms with van der Waals surface area (Å²) in [6.45, 7) is 4.28. The maximum Gasteiger partial charge on any atom is 0.171 e. The lowest BCUT2D eigenvalue weighted by Crippen LogP contribution is -2.32. The minimum atomic E-state index is 0.208. The summed E-state index contributed by atoms with van der Waals surface area (Å²) in [5.41, 5.74) is 3.50. The minimum Gasteiger partial charge on any atom is -0.497 e. The van der Waals surface area contributed by atoms with Gasteiger partial charge in [-0.25, -0.2) is 0 Å². The van der Waals surface area contributed by atoms with Gasteiger partial charge in [-0.1, -0.05) is 31.2 Å². The van der Waals surface area contributed by atoms with Crippen LogP contribution in [0.2, 0.25) is 0 Å². The Morgan fingerprint density at radius 2 is 1.82 bits per heavy atom. The third-order valence-corrected chi connectivity index (χ3v) is 3.85. The molecule has 116 valence electrons. The molecule has 0 spiro atoms. The van der Waals surface area contributed by atoms with E-state index in [1.165, 1.54) is 11.1 Å². The van der Waals surface area contributed by atoms with E-state index in [-0.39, 0.29) is 6.04 Å². The number of thiocarbonyl (C=S) groups is 1. The first-order valence-corrected chi connectivity index (χ1v) is 7.82. The van der Waals surface area contributed by atoms with Gasteiger partial charge in [0, 0.05) is 5.69 Å². The van der Waals surface area contributed by atoms with Crippen molar-refractivity contribution in [3.05, 3.63) is 59.7 Å². The van der Waals surface area contributed by atoms with E-state index in [1.54, 1.807) is 7.11 Å². The molecule has 2 aromatic rings. The number of hydrogen-bond acceptors (Lipinski definition) is 2. The fraction of sp³-hybridized carbons (Fsp3) is 0.278. The van der Waals surface area contributed by atoms with Crippen LogP contribution in [0.4, 0.5) is 5.69 Å². The lowest BCUT2D eigenvalue weighted by atomic mass is 10.00. The molecule has 2 rings (SSSR count). The minimum absolute atomic E-state index is 0.208. The molecule has 0 aromatic heterocycles.